The molecule has 0 spiro atoms. The number of halogens is 1. The van der Waals surface area contributed by atoms with Gasteiger partial charge in [0.2, 0.25) is 0 Å². The SMILES string of the molecule is CCOCC(C)NC(=O)c1ccc(I)cc1. The van der Waals surface area contributed by atoms with Crippen LogP contribution in [0.15, 0.2) is 24.3 Å². The van der Waals surface area contributed by atoms with Gasteiger partial charge in [-0.1, -0.05) is 0 Å². The van der Waals surface area contributed by atoms with Crippen LogP contribution in [0.2, 0.25) is 0 Å². The number of carbonyl (C=O) groups excluding carboxylic acids is 1. The van der Waals surface area contributed by atoms with E-state index in [-0.39, 0.29) is 11.9 Å². The highest BCUT2D eigenvalue weighted by Gasteiger charge is 2.09. The van der Waals surface area contributed by atoms with Crippen molar-refractivity contribution in [3.05, 3.63) is 33.4 Å². The zero-order valence-corrected chi connectivity index (χ0v) is 11.7. The Morgan fingerprint density at radius 3 is 2.62 bits per heavy atom. The molecule has 1 aromatic rings. The summed E-state index contributed by atoms with van der Waals surface area (Å²) >= 11 is 2.21. The molecule has 4 heteroatoms. The second-order valence-electron chi connectivity index (χ2n) is 3.54. The van der Waals surface area contributed by atoms with E-state index in [4.69, 9.17) is 4.74 Å². The van der Waals surface area contributed by atoms with Crippen molar-refractivity contribution in [2.45, 2.75) is 19.9 Å². The van der Waals surface area contributed by atoms with Crippen LogP contribution < -0.4 is 5.32 Å². The predicted octanol–water partition coefficient (Wildman–Crippen LogP) is 2.45. The van der Waals surface area contributed by atoms with Crippen molar-refractivity contribution in [1.29, 1.82) is 0 Å². The third kappa shape index (κ3) is 4.49. The summed E-state index contributed by atoms with van der Waals surface area (Å²) in [6.45, 7) is 5.09. The normalized spacial score (nSPS) is 12.2. The largest absolute Gasteiger partial charge is 0.380 e. The Bertz CT molecular complexity index is 337. The van der Waals surface area contributed by atoms with Crippen molar-refractivity contribution in [3.8, 4) is 0 Å². The first-order chi connectivity index (χ1) is 7.63. The van der Waals surface area contributed by atoms with Crippen molar-refractivity contribution >= 4 is 28.5 Å². The van der Waals surface area contributed by atoms with E-state index in [0.717, 1.165) is 3.57 Å². The summed E-state index contributed by atoms with van der Waals surface area (Å²) in [5, 5.41) is 2.88. The van der Waals surface area contributed by atoms with E-state index in [0.29, 0.717) is 18.8 Å². The van der Waals surface area contributed by atoms with Gasteiger partial charge in [-0.3, -0.25) is 4.79 Å². The molecule has 0 aliphatic carbocycles. The first kappa shape index (κ1) is 13.4. The Labute approximate surface area is 110 Å². The Balaban J connectivity index is 2.48. The third-order valence-corrected chi connectivity index (χ3v) is 2.78. The maximum Gasteiger partial charge on any atom is 0.251 e. The van der Waals surface area contributed by atoms with E-state index in [1.807, 2.05) is 38.1 Å². The minimum Gasteiger partial charge on any atom is -0.380 e. The molecule has 1 aromatic carbocycles. The summed E-state index contributed by atoms with van der Waals surface area (Å²) in [7, 11) is 0. The van der Waals surface area contributed by atoms with Crippen LogP contribution in [0, 0.1) is 3.57 Å². The number of hydrogen-bond acceptors (Lipinski definition) is 2. The number of rotatable bonds is 5. The van der Waals surface area contributed by atoms with Crippen molar-refractivity contribution < 1.29 is 9.53 Å². The first-order valence-corrected chi connectivity index (χ1v) is 6.35. The van der Waals surface area contributed by atoms with E-state index in [1.165, 1.54) is 0 Å². The van der Waals surface area contributed by atoms with Gasteiger partial charge in [-0.2, -0.15) is 0 Å². The topological polar surface area (TPSA) is 38.3 Å². The monoisotopic (exact) mass is 333 g/mol. The van der Waals surface area contributed by atoms with Gasteiger partial charge in [-0.15, -0.1) is 0 Å². The summed E-state index contributed by atoms with van der Waals surface area (Å²) in [5.41, 5.74) is 0.684. The van der Waals surface area contributed by atoms with Crippen LogP contribution in [0.5, 0.6) is 0 Å². The molecular formula is C12H16INO2. The predicted molar refractivity (Wildman–Crippen MR) is 72.6 cm³/mol. The third-order valence-electron chi connectivity index (χ3n) is 2.06. The van der Waals surface area contributed by atoms with Crippen LogP contribution in [-0.2, 0) is 4.74 Å². The minimum atomic E-state index is -0.0522. The molecule has 1 rings (SSSR count). The molecule has 1 unspecified atom stereocenters. The highest BCUT2D eigenvalue weighted by Crippen LogP contribution is 2.06. The van der Waals surface area contributed by atoms with Crippen molar-refractivity contribution in [2.75, 3.05) is 13.2 Å². The Morgan fingerprint density at radius 2 is 2.06 bits per heavy atom. The number of nitrogens with one attached hydrogen (secondary N) is 1. The quantitative estimate of drug-likeness (QED) is 0.841. The minimum absolute atomic E-state index is 0.0340. The van der Waals surface area contributed by atoms with E-state index in [1.54, 1.807) is 0 Å². The van der Waals surface area contributed by atoms with Gasteiger partial charge in [0.1, 0.15) is 0 Å². The Morgan fingerprint density at radius 1 is 1.44 bits per heavy atom. The van der Waals surface area contributed by atoms with Crippen LogP contribution in [0.3, 0.4) is 0 Å². The summed E-state index contributed by atoms with van der Waals surface area (Å²) in [4.78, 5) is 11.8. The van der Waals surface area contributed by atoms with Gasteiger partial charge in [0.25, 0.3) is 5.91 Å². The average Bonchev–Trinajstić information content (AvgIpc) is 2.27. The van der Waals surface area contributed by atoms with Gasteiger partial charge in [0.05, 0.1) is 6.61 Å². The number of hydrogen-bond donors (Lipinski definition) is 1. The fourth-order valence-corrected chi connectivity index (χ4v) is 1.60. The molecule has 1 N–H and O–H groups in total. The molecule has 0 heterocycles. The van der Waals surface area contributed by atoms with Gasteiger partial charge in [0.15, 0.2) is 0 Å². The molecule has 0 fully saturated rings. The Hall–Kier alpha value is -0.620. The standard InChI is InChI=1S/C12H16INO2/c1-3-16-8-9(2)14-12(15)10-4-6-11(13)7-5-10/h4-7,9H,3,8H2,1-2H3,(H,14,15). The second kappa shape index (κ2) is 6.85. The van der Waals surface area contributed by atoms with E-state index >= 15 is 0 Å². The van der Waals surface area contributed by atoms with Crippen molar-refractivity contribution in [1.82, 2.24) is 5.32 Å². The van der Waals surface area contributed by atoms with Gasteiger partial charge in [-0.05, 0) is 60.7 Å². The molecule has 3 nitrogen and oxygen atoms in total. The lowest BCUT2D eigenvalue weighted by molar-refractivity contribution is 0.0872. The zero-order valence-electron chi connectivity index (χ0n) is 9.50. The first-order valence-electron chi connectivity index (χ1n) is 5.27. The molecule has 16 heavy (non-hydrogen) atoms. The van der Waals surface area contributed by atoms with Crippen LogP contribution in [0.4, 0.5) is 0 Å². The molecule has 0 aliphatic rings. The average molecular weight is 333 g/mol. The lowest BCUT2D eigenvalue weighted by Gasteiger charge is -2.13. The van der Waals surface area contributed by atoms with Crippen molar-refractivity contribution in [3.63, 3.8) is 0 Å². The molecule has 0 aliphatic heterocycles. The van der Waals surface area contributed by atoms with Gasteiger partial charge >= 0.3 is 0 Å². The molecule has 0 radical (unpaired) electrons. The summed E-state index contributed by atoms with van der Waals surface area (Å²) < 4.78 is 6.36. The molecule has 1 amide bonds. The molecule has 0 aromatic heterocycles. The number of ether oxygens (including phenoxy) is 1. The lowest BCUT2D eigenvalue weighted by Crippen LogP contribution is -2.35. The van der Waals surface area contributed by atoms with E-state index in [9.17, 15) is 4.79 Å². The van der Waals surface area contributed by atoms with Gasteiger partial charge < -0.3 is 10.1 Å². The summed E-state index contributed by atoms with van der Waals surface area (Å²) in [6.07, 6.45) is 0. The highest BCUT2D eigenvalue weighted by atomic mass is 127. The number of carbonyl (C=O) groups is 1. The highest BCUT2D eigenvalue weighted by molar-refractivity contribution is 14.1. The maximum atomic E-state index is 11.8. The summed E-state index contributed by atoms with van der Waals surface area (Å²) in [5.74, 6) is -0.0522. The molecule has 0 saturated heterocycles. The fourth-order valence-electron chi connectivity index (χ4n) is 1.24. The second-order valence-corrected chi connectivity index (χ2v) is 4.79. The fraction of sp³-hybridized carbons (Fsp3) is 0.417. The van der Waals surface area contributed by atoms with Gasteiger partial charge in [-0.25, -0.2) is 0 Å². The zero-order chi connectivity index (χ0) is 12.0. The lowest BCUT2D eigenvalue weighted by atomic mass is 10.2. The number of amides is 1. The molecular weight excluding hydrogens is 317 g/mol. The molecule has 88 valence electrons. The smallest absolute Gasteiger partial charge is 0.251 e. The van der Waals surface area contributed by atoms with Crippen molar-refractivity contribution in [2.24, 2.45) is 0 Å². The van der Waals surface area contributed by atoms with Gasteiger partial charge in [0, 0.05) is 21.8 Å². The van der Waals surface area contributed by atoms with Crippen LogP contribution in [0.25, 0.3) is 0 Å². The van der Waals surface area contributed by atoms with Crippen LogP contribution >= 0.6 is 22.6 Å². The van der Waals surface area contributed by atoms with E-state index in [2.05, 4.69) is 27.9 Å². The van der Waals surface area contributed by atoms with Crippen LogP contribution in [-0.4, -0.2) is 25.2 Å². The van der Waals surface area contributed by atoms with E-state index < -0.39 is 0 Å². The number of benzene rings is 1. The molecule has 0 bridgehead atoms. The molecule has 1 atom stereocenters. The Kier molecular flexibility index (Phi) is 5.76. The molecule has 0 saturated carbocycles. The van der Waals surface area contributed by atoms with Crippen LogP contribution in [0.1, 0.15) is 24.2 Å². The summed E-state index contributed by atoms with van der Waals surface area (Å²) in [6, 6.07) is 7.52. The maximum absolute atomic E-state index is 11.8.